The molecular weight excluding hydrogens is 364 g/mol. The van der Waals surface area contributed by atoms with Crippen LogP contribution in [0.4, 0.5) is 0 Å². The molecule has 2 amide bonds. The van der Waals surface area contributed by atoms with Crippen LogP contribution in [-0.2, 0) is 4.79 Å². The molecule has 0 fully saturated rings. The van der Waals surface area contributed by atoms with Crippen molar-refractivity contribution in [2.75, 3.05) is 27.9 Å². The second-order valence-electron chi connectivity index (χ2n) is 5.97. The van der Waals surface area contributed by atoms with E-state index < -0.39 is 11.8 Å². The molecule has 0 atom stereocenters. The monoisotopic (exact) mass is 388 g/mol. The van der Waals surface area contributed by atoms with Crippen LogP contribution in [0.3, 0.4) is 0 Å². The van der Waals surface area contributed by atoms with Crippen molar-refractivity contribution in [2.45, 2.75) is 13.8 Å². The van der Waals surface area contributed by atoms with Gasteiger partial charge in [0.1, 0.15) is 11.5 Å². The van der Waals surface area contributed by atoms with Crippen LogP contribution in [-0.4, -0.2) is 39.8 Å². The first-order valence-electron chi connectivity index (χ1n) is 8.48. The Balaban J connectivity index is 1.99. The molecule has 28 heavy (non-hydrogen) atoms. The molecule has 2 aromatic rings. The number of hydrogen-bond donors (Lipinski definition) is 2. The van der Waals surface area contributed by atoms with E-state index in [2.05, 4.69) is 10.9 Å². The Kier molecular flexibility index (Phi) is 7.08. The standard InChI is InChI=1S/C20H24N2O6/c1-12-6-7-13(2)15(8-12)28-11-19(23)21-22-20(24)14-9-17(26-4)18(27-5)10-16(14)25-3/h6-10H,11H2,1-5H3,(H,21,23)(H,22,24). The largest absolute Gasteiger partial charge is 0.496 e. The van der Waals surface area contributed by atoms with E-state index in [1.165, 1.54) is 33.5 Å². The third-order valence-electron chi connectivity index (χ3n) is 3.97. The van der Waals surface area contributed by atoms with Crippen molar-refractivity contribution < 1.29 is 28.5 Å². The maximum absolute atomic E-state index is 12.4. The van der Waals surface area contributed by atoms with E-state index in [0.29, 0.717) is 17.2 Å². The third-order valence-corrected chi connectivity index (χ3v) is 3.97. The normalized spacial score (nSPS) is 10.0. The number of carbonyl (C=O) groups is 2. The number of nitrogens with one attached hydrogen (secondary N) is 2. The molecule has 0 aromatic heterocycles. The minimum Gasteiger partial charge on any atom is -0.496 e. The summed E-state index contributed by atoms with van der Waals surface area (Å²) in [6.45, 7) is 3.58. The van der Waals surface area contributed by atoms with Crippen molar-refractivity contribution in [2.24, 2.45) is 0 Å². The van der Waals surface area contributed by atoms with Crippen LogP contribution in [0, 0.1) is 13.8 Å². The van der Waals surface area contributed by atoms with Crippen molar-refractivity contribution in [3.05, 3.63) is 47.0 Å². The van der Waals surface area contributed by atoms with Gasteiger partial charge in [-0.05, 0) is 31.0 Å². The highest BCUT2D eigenvalue weighted by molar-refractivity contribution is 5.98. The fourth-order valence-electron chi connectivity index (χ4n) is 2.44. The Bertz CT molecular complexity index is 866. The number of hydrazine groups is 1. The molecule has 2 rings (SSSR count). The summed E-state index contributed by atoms with van der Waals surface area (Å²) >= 11 is 0. The highest BCUT2D eigenvalue weighted by Gasteiger charge is 2.18. The van der Waals surface area contributed by atoms with E-state index in [4.69, 9.17) is 18.9 Å². The molecule has 0 aliphatic heterocycles. The molecule has 2 N–H and O–H groups in total. The van der Waals surface area contributed by atoms with Crippen LogP contribution in [0.5, 0.6) is 23.0 Å². The smallest absolute Gasteiger partial charge is 0.276 e. The van der Waals surface area contributed by atoms with Gasteiger partial charge in [0.2, 0.25) is 0 Å². The Morgan fingerprint density at radius 2 is 1.46 bits per heavy atom. The Morgan fingerprint density at radius 3 is 2.11 bits per heavy atom. The maximum atomic E-state index is 12.4. The van der Waals surface area contributed by atoms with Crippen molar-refractivity contribution in [1.29, 1.82) is 0 Å². The summed E-state index contributed by atoms with van der Waals surface area (Å²) in [5.74, 6) is 0.588. The molecule has 0 spiro atoms. The summed E-state index contributed by atoms with van der Waals surface area (Å²) in [5.41, 5.74) is 6.76. The first-order valence-corrected chi connectivity index (χ1v) is 8.48. The van der Waals surface area contributed by atoms with Crippen LogP contribution in [0.2, 0.25) is 0 Å². The average molecular weight is 388 g/mol. The highest BCUT2D eigenvalue weighted by Crippen LogP contribution is 2.34. The number of amides is 2. The van der Waals surface area contributed by atoms with E-state index >= 15 is 0 Å². The molecular formula is C20H24N2O6. The van der Waals surface area contributed by atoms with E-state index in [0.717, 1.165) is 11.1 Å². The fourth-order valence-corrected chi connectivity index (χ4v) is 2.44. The molecule has 0 bridgehead atoms. The Labute approximate surface area is 163 Å². The molecule has 2 aromatic carbocycles. The SMILES string of the molecule is COc1cc(OC)c(C(=O)NNC(=O)COc2cc(C)ccc2C)cc1OC. The molecule has 0 saturated heterocycles. The summed E-state index contributed by atoms with van der Waals surface area (Å²) in [6, 6.07) is 8.70. The molecule has 0 saturated carbocycles. The fraction of sp³-hybridized carbons (Fsp3) is 0.300. The van der Waals surface area contributed by atoms with Gasteiger partial charge < -0.3 is 18.9 Å². The lowest BCUT2D eigenvalue weighted by Gasteiger charge is -2.14. The number of methoxy groups -OCH3 is 3. The van der Waals surface area contributed by atoms with Crippen molar-refractivity contribution >= 4 is 11.8 Å². The van der Waals surface area contributed by atoms with Crippen molar-refractivity contribution in [3.63, 3.8) is 0 Å². The minimum absolute atomic E-state index is 0.177. The number of ether oxygens (including phenoxy) is 4. The summed E-state index contributed by atoms with van der Waals surface area (Å²) in [4.78, 5) is 24.4. The number of rotatable bonds is 7. The molecule has 0 aliphatic rings. The Morgan fingerprint density at radius 1 is 0.821 bits per heavy atom. The van der Waals surface area contributed by atoms with E-state index in [1.807, 2.05) is 32.0 Å². The third kappa shape index (κ3) is 5.06. The predicted molar refractivity (Wildman–Crippen MR) is 103 cm³/mol. The average Bonchev–Trinajstić information content (AvgIpc) is 2.71. The van der Waals surface area contributed by atoms with E-state index in [-0.39, 0.29) is 17.9 Å². The van der Waals surface area contributed by atoms with Crippen molar-refractivity contribution in [3.8, 4) is 23.0 Å². The van der Waals surface area contributed by atoms with Gasteiger partial charge in [0.25, 0.3) is 11.8 Å². The summed E-state index contributed by atoms with van der Waals surface area (Å²) in [7, 11) is 4.36. The van der Waals surface area contributed by atoms with Gasteiger partial charge in [-0.1, -0.05) is 12.1 Å². The zero-order valence-corrected chi connectivity index (χ0v) is 16.5. The summed E-state index contributed by atoms with van der Waals surface area (Å²) < 4.78 is 21.1. The quantitative estimate of drug-likeness (QED) is 0.706. The number of hydrogen-bond acceptors (Lipinski definition) is 6. The van der Waals surface area contributed by atoms with Crippen molar-refractivity contribution in [1.82, 2.24) is 10.9 Å². The lowest BCUT2D eigenvalue weighted by molar-refractivity contribution is -0.123. The number of aryl methyl sites for hydroxylation is 2. The summed E-state index contributed by atoms with van der Waals surface area (Å²) in [5, 5.41) is 0. The molecule has 0 aliphatic carbocycles. The lowest BCUT2D eigenvalue weighted by atomic mass is 10.1. The molecule has 0 heterocycles. The molecule has 0 unspecified atom stereocenters. The lowest BCUT2D eigenvalue weighted by Crippen LogP contribution is -2.44. The van der Waals surface area contributed by atoms with Gasteiger partial charge in [-0.3, -0.25) is 20.4 Å². The second-order valence-corrected chi connectivity index (χ2v) is 5.97. The van der Waals surface area contributed by atoms with E-state index in [1.54, 1.807) is 0 Å². The van der Waals surface area contributed by atoms with Gasteiger partial charge in [0, 0.05) is 12.1 Å². The minimum atomic E-state index is -0.571. The first-order chi connectivity index (χ1) is 13.4. The van der Waals surface area contributed by atoms with Crippen LogP contribution < -0.4 is 29.8 Å². The van der Waals surface area contributed by atoms with Crippen LogP contribution in [0.15, 0.2) is 30.3 Å². The zero-order valence-electron chi connectivity index (χ0n) is 16.5. The van der Waals surface area contributed by atoms with Crippen LogP contribution in [0.25, 0.3) is 0 Å². The summed E-state index contributed by atoms with van der Waals surface area (Å²) in [6.07, 6.45) is 0. The first kappa shape index (κ1) is 20.9. The Hall–Kier alpha value is -3.42. The molecule has 0 radical (unpaired) electrons. The van der Waals surface area contributed by atoms with Gasteiger partial charge in [-0.25, -0.2) is 0 Å². The molecule has 8 nitrogen and oxygen atoms in total. The van der Waals surface area contributed by atoms with Gasteiger partial charge in [0.05, 0.1) is 26.9 Å². The van der Waals surface area contributed by atoms with Crippen LogP contribution >= 0.6 is 0 Å². The highest BCUT2D eigenvalue weighted by atomic mass is 16.5. The number of benzene rings is 2. The topological polar surface area (TPSA) is 95.1 Å². The van der Waals surface area contributed by atoms with Crippen LogP contribution in [0.1, 0.15) is 21.5 Å². The van der Waals surface area contributed by atoms with Gasteiger partial charge in [0.15, 0.2) is 18.1 Å². The maximum Gasteiger partial charge on any atom is 0.276 e. The van der Waals surface area contributed by atoms with Gasteiger partial charge in [-0.15, -0.1) is 0 Å². The molecule has 150 valence electrons. The number of carbonyl (C=O) groups excluding carboxylic acids is 2. The van der Waals surface area contributed by atoms with Gasteiger partial charge in [-0.2, -0.15) is 0 Å². The predicted octanol–water partition coefficient (Wildman–Crippen LogP) is 2.17. The van der Waals surface area contributed by atoms with Gasteiger partial charge >= 0.3 is 0 Å². The second kappa shape index (κ2) is 9.50. The molecule has 8 heteroatoms. The van der Waals surface area contributed by atoms with E-state index in [9.17, 15) is 9.59 Å². The zero-order chi connectivity index (χ0) is 20.7.